The van der Waals surface area contributed by atoms with Crippen molar-refractivity contribution >= 4 is 0 Å². The zero-order valence-corrected chi connectivity index (χ0v) is 11.6. The predicted octanol–water partition coefficient (Wildman–Crippen LogP) is 3.44. The van der Waals surface area contributed by atoms with Gasteiger partial charge < -0.3 is 10.8 Å². The SMILES string of the molecule is N[C@@]1(c2ccc(-c3ccccc3)cc2)CCCC[C@@H]1O. The zero-order chi connectivity index (χ0) is 14.0. The van der Waals surface area contributed by atoms with Crippen LogP contribution in [0.4, 0.5) is 0 Å². The standard InChI is InChI=1S/C18H21NO/c19-18(13-5-4-8-17(18)20)16-11-9-15(10-12-16)14-6-2-1-3-7-14/h1-3,6-7,9-12,17,20H,4-5,8,13,19H2/t17-,18+/m0/s1. The van der Waals surface area contributed by atoms with Gasteiger partial charge in [-0.25, -0.2) is 0 Å². The van der Waals surface area contributed by atoms with Crippen molar-refractivity contribution in [2.24, 2.45) is 5.73 Å². The summed E-state index contributed by atoms with van der Waals surface area (Å²) in [7, 11) is 0. The van der Waals surface area contributed by atoms with Gasteiger partial charge in [0.05, 0.1) is 11.6 Å². The second kappa shape index (κ2) is 5.39. The van der Waals surface area contributed by atoms with Crippen LogP contribution in [0, 0.1) is 0 Å². The fraction of sp³-hybridized carbons (Fsp3) is 0.333. The maximum atomic E-state index is 10.2. The highest BCUT2D eigenvalue weighted by atomic mass is 16.3. The fourth-order valence-electron chi connectivity index (χ4n) is 3.12. The third kappa shape index (κ3) is 2.37. The summed E-state index contributed by atoms with van der Waals surface area (Å²) in [4.78, 5) is 0. The van der Waals surface area contributed by atoms with Crippen LogP contribution >= 0.6 is 0 Å². The molecule has 0 bridgehead atoms. The molecular weight excluding hydrogens is 246 g/mol. The van der Waals surface area contributed by atoms with Gasteiger partial charge in [-0.2, -0.15) is 0 Å². The first-order chi connectivity index (χ1) is 9.70. The summed E-state index contributed by atoms with van der Waals surface area (Å²) in [6.45, 7) is 0. The van der Waals surface area contributed by atoms with Gasteiger partial charge in [0.15, 0.2) is 0 Å². The molecule has 0 amide bonds. The lowest BCUT2D eigenvalue weighted by atomic mass is 9.75. The van der Waals surface area contributed by atoms with Gasteiger partial charge in [0, 0.05) is 0 Å². The van der Waals surface area contributed by atoms with Crippen molar-refractivity contribution in [3.05, 3.63) is 60.2 Å². The topological polar surface area (TPSA) is 46.2 Å². The van der Waals surface area contributed by atoms with E-state index in [0.29, 0.717) is 0 Å². The van der Waals surface area contributed by atoms with Crippen LogP contribution in [-0.4, -0.2) is 11.2 Å². The Hall–Kier alpha value is -1.64. The maximum Gasteiger partial charge on any atom is 0.0761 e. The van der Waals surface area contributed by atoms with E-state index in [9.17, 15) is 5.11 Å². The quantitative estimate of drug-likeness (QED) is 0.875. The van der Waals surface area contributed by atoms with Gasteiger partial charge in [0.25, 0.3) is 0 Å². The van der Waals surface area contributed by atoms with E-state index < -0.39 is 11.6 Å². The number of nitrogens with two attached hydrogens (primary N) is 1. The number of aliphatic hydroxyl groups is 1. The summed E-state index contributed by atoms with van der Waals surface area (Å²) in [6.07, 6.45) is 3.39. The molecule has 104 valence electrons. The van der Waals surface area contributed by atoms with E-state index in [2.05, 4.69) is 36.4 Å². The normalized spacial score (nSPS) is 26.4. The first-order valence-electron chi connectivity index (χ1n) is 7.33. The van der Waals surface area contributed by atoms with Crippen molar-refractivity contribution in [2.75, 3.05) is 0 Å². The van der Waals surface area contributed by atoms with E-state index in [1.807, 2.05) is 18.2 Å². The maximum absolute atomic E-state index is 10.2. The summed E-state index contributed by atoms with van der Waals surface area (Å²) in [5.74, 6) is 0. The highest BCUT2D eigenvalue weighted by Crippen LogP contribution is 2.35. The smallest absolute Gasteiger partial charge is 0.0761 e. The Morgan fingerprint density at radius 2 is 1.55 bits per heavy atom. The van der Waals surface area contributed by atoms with Crippen molar-refractivity contribution in [1.82, 2.24) is 0 Å². The van der Waals surface area contributed by atoms with Gasteiger partial charge in [-0.1, -0.05) is 67.4 Å². The van der Waals surface area contributed by atoms with Crippen LogP contribution in [0.15, 0.2) is 54.6 Å². The largest absolute Gasteiger partial charge is 0.391 e. The molecule has 2 aromatic rings. The molecule has 3 N–H and O–H groups in total. The van der Waals surface area contributed by atoms with Crippen molar-refractivity contribution < 1.29 is 5.11 Å². The summed E-state index contributed by atoms with van der Waals surface area (Å²) < 4.78 is 0. The lowest BCUT2D eigenvalue weighted by Gasteiger charge is -2.38. The van der Waals surface area contributed by atoms with E-state index in [-0.39, 0.29) is 0 Å². The Kier molecular flexibility index (Phi) is 3.60. The Bertz CT molecular complexity index is 564. The second-order valence-electron chi connectivity index (χ2n) is 5.75. The number of hydrogen-bond acceptors (Lipinski definition) is 2. The molecule has 20 heavy (non-hydrogen) atoms. The number of hydrogen-bond donors (Lipinski definition) is 2. The third-order valence-corrected chi connectivity index (χ3v) is 4.44. The van der Waals surface area contributed by atoms with Gasteiger partial charge in [-0.05, 0) is 29.5 Å². The minimum Gasteiger partial charge on any atom is -0.391 e. The Balaban J connectivity index is 1.90. The fourth-order valence-corrected chi connectivity index (χ4v) is 3.12. The molecule has 0 radical (unpaired) electrons. The van der Waals surface area contributed by atoms with Crippen LogP contribution < -0.4 is 5.73 Å². The molecule has 1 aliphatic rings. The van der Waals surface area contributed by atoms with Gasteiger partial charge >= 0.3 is 0 Å². The molecule has 2 nitrogen and oxygen atoms in total. The van der Waals surface area contributed by atoms with E-state index >= 15 is 0 Å². The Morgan fingerprint density at radius 1 is 0.900 bits per heavy atom. The van der Waals surface area contributed by atoms with Crippen LogP contribution in [-0.2, 0) is 5.54 Å². The summed E-state index contributed by atoms with van der Waals surface area (Å²) in [6, 6.07) is 18.6. The predicted molar refractivity (Wildman–Crippen MR) is 82.2 cm³/mol. The molecule has 1 fully saturated rings. The Morgan fingerprint density at radius 3 is 2.20 bits per heavy atom. The van der Waals surface area contributed by atoms with Crippen LogP contribution in [0.3, 0.4) is 0 Å². The third-order valence-electron chi connectivity index (χ3n) is 4.44. The molecule has 1 aliphatic carbocycles. The summed E-state index contributed by atoms with van der Waals surface area (Å²) in [5.41, 5.74) is 9.32. The van der Waals surface area contributed by atoms with Crippen molar-refractivity contribution in [3.63, 3.8) is 0 Å². The van der Waals surface area contributed by atoms with E-state index in [1.165, 1.54) is 11.1 Å². The zero-order valence-electron chi connectivity index (χ0n) is 11.6. The second-order valence-corrected chi connectivity index (χ2v) is 5.75. The highest BCUT2D eigenvalue weighted by molar-refractivity contribution is 5.63. The number of rotatable bonds is 2. The molecule has 0 aromatic heterocycles. The van der Waals surface area contributed by atoms with Crippen molar-refractivity contribution in [2.45, 2.75) is 37.3 Å². The molecule has 0 unspecified atom stereocenters. The van der Waals surface area contributed by atoms with Gasteiger partial charge in [-0.3, -0.25) is 0 Å². The molecule has 3 rings (SSSR count). The first-order valence-corrected chi connectivity index (χ1v) is 7.33. The van der Waals surface area contributed by atoms with Crippen molar-refractivity contribution in [3.8, 4) is 11.1 Å². The van der Waals surface area contributed by atoms with Gasteiger partial charge in [-0.15, -0.1) is 0 Å². The average molecular weight is 267 g/mol. The molecule has 1 saturated carbocycles. The Labute approximate surface area is 120 Å². The summed E-state index contributed by atoms with van der Waals surface area (Å²) in [5, 5.41) is 10.2. The van der Waals surface area contributed by atoms with Crippen LogP contribution in [0.5, 0.6) is 0 Å². The average Bonchev–Trinajstić information content (AvgIpc) is 2.51. The highest BCUT2D eigenvalue weighted by Gasteiger charge is 2.37. The molecule has 0 aliphatic heterocycles. The number of benzene rings is 2. The minimum atomic E-state index is -0.576. The van der Waals surface area contributed by atoms with Gasteiger partial charge in [0.1, 0.15) is 0 Å². The number of aliphatic hydroxyl groups excluding tert-OH is 1. The summed E-state index contributed by atoms with van der Waals surface area (Å²) >= 11 is 0. The molecule has 2 atom stereocenters. The van der Waals surface area contributed by atoms with E-state index in [1.54, 1.807) is 0 Å². The first kappa shape index (κ1) is 13.3. The molecule has 0 spiro atoms. The molecule has 0 saturated heterocycles. The molecule has 0 heterocycles. The molecular formula is C18H21NO. The minimum absolute atomic E-state index is 0.432. The molecule has 2 aromatic carbocycles. The van der Waals surface area contributed by atoms with Gasteiger partial charge in [0.2, 0.25) is 0 Å². The monoisotopic (exact) mass is 267 g/mol. The van der Waals surface area contributed by atoms with Crippen LogP contribution in [0.25, 0.3) is 11.1 Å². The molecule has 2 heteroatoms. The lowest BCUT2D eigenvalue weighted by Crippen LogP contribution is -2.49. The van der Waals surface area contributed by atoms with E-state index in [0.717, 1.165) is 31.2 Å². The van der Waals surface area contributed by atoms with Crippen LogP contribution in [0.1, 0.15) is 31.2 Å². The van der Waals surface area contributed by atoms with E-state index in [4.69, 9.17) is 5.73 Å². The lowest BCUT2D eigenvalue weighted by molar-refractivity contribution is 0.0450. The van der Waals surface area contributed by atoms with Crippen molar-refractivity contribution in [1.29, 1.82) is 0 Å². The van der Waals surface area contributed by atoms with Crippen LogP contribution in [0.2, 0.25) is 0 Å².